The van der Waals surface area contributed by atoms with Gasteiger partial charge in [0.25, 0.3) is 0 Å². The van der Waals surface area contributed by atoms with Crippen LogP contribution in [0.3, 0.4) is 0 Å². The predicted octanol–water partition coefficient (Wildman–Crippen LogP) is 2.29. The summed E-state index contributed by atoms with van der Waals surface area (Å²) >= 11 is 0. The van der Waals surface area contributed by atoms with E-state index in [-0.39, 0.29) is 0 Å². The van der Waals surface area contributed by atoms with Gasteiger partial charge in [-0.1, -0.05) is 5.16 Å². The standard InChI is InChI=1S/C16H22N4O2/c1-3-13(17-9-14-4-2-8-21-14)10-20(7-1)11-15-18-16(22-19-15)12-5-6-12/h2,4,8,12-13,17H,1,3,5-7,9-11H2/t13-/m0/s1. The van der Waals surface area contributed by atoms with E-state index in [2.05, 4.69) is 20.4 Å². The Hall–Kier alpha value is -1.66. The van der Waals surface area contributed by atoms with Crippen LogP contribution in [-0.4, -0.2) is 34.2 Å². The minimum absolute atomic E-state index is 0.494. The topological polar surface area (TPSA) is 67.3 Å². The van der Waals surface area contributed by atoms with Crippen LogP contribution >= 0.6 is 0 Å². The Morgan fingerprint density at radius 2 is 2.27 bits per heavy atom. The largest absolute Gasteiger partial charge is 0.468 e. The summed E-state index contributed by atoms with van der Waals surface area (Å²) in [4.78, 5) is 6.93. The van der Waals surface area contributed by atoms with Crippen molar-refractivity contribution in [3.05, 3.63) is 35.9 Å². The highest BCUT2D eigenvalue weighted by molar-refractivity contribution is 5.02. The molecule has 1 aliphatic carbocycles. The third-order valence-electron chi connectivity index (χ3n) is 4.43. The third kappa shape index (κ3) is 3.39. The second-order valence-electron chi connectivity index (χ2n) is 6.36. The smallest absolute Gasteiger partial charge is 0.229 e. The fourth-order valence-electron chi connectivity index (χ4n) is 3.05. The molecule has 2 aromatic heterocycles. The van der Waals surface area contributed by atoms with Gasteiger partial charge >= 0.3 is 0 Å². The van der Waals surface area contributed by atoms with Gasteiger partial charge in [0, 0.05) is 18.5 Å². The summed E-state index contributed by atoms with van der Waals surface area (Å²) in [5.74, 6) is 3.18. The first-order valence-electron chi connectivity index (χ1n) is 8.17. The van der Waals surface area contributed by atoms with Crippen molar-refractivity contribution >= 4 is 0 Å². The Morgan fingerprint density at radius 1 is 1.32 bits per heavy atom. The average molecular weight is 302 g/mol. The zero-order valence-electron chi connectivity index (χ0n) is 12.7. The number of nitrogens with one attached hydrogen (secondary N) is 1. The third-order valence-corrected chi connectivity index (χ3v) is 4.43. The number of likely N-dealkylation sites (tertiary alicyclic amines) is 1. The van der Waals surface area contributed by atoms with E-state index in [1.54, 1.807) is 6.26 Å². The number of rotatable bonds is 6. The minimum Gasteiger partial charge on any atom is -0.468 e. The summed E-state index contributed by atoms with van der Waals surface area (Å²) in [6.45, 7) is 3.70. The molecule has 3 heterocycles. The number of nitrogens with zero attached hydrogens (tertiary/aromatic N) is 3. The van der Waals surface area contributed by atoms with Crippen LogP contribution in [0.25, 0.3) is 0 Å². The Bertz CT molecular complexity index is 591. The second-order valence-corrected chi connectivity index (χ2v) is 6.36. The maximum absolute atomic E-state index is 5.37. The first-order chi connectivity index (χ1) is 10.9. The SMILES string of the molecule is c1coc(CN[C@H]2CCCN(Cc3noc(C4CC4)n3)C2)c1. The lowest BCUT2D eigenvalue weighted by molar-refractivity contribution is 0.175. The van der Waals surface area contributed by atoms with Crippen molar-refractivity contribution in [2.45, 2.75) is 50.7 Å². The number of furan rings is 1. The molecule has 2 aliphatic rings. The van der Waals surface area contributed by atoms with Gasteiger partial charge in [-0.05, 0) is 44.4 Å². The lowest BCUT2D eigenvalue weighted by Gasteiger charge is -2.32. The Kier molecular flexibility index (Phi) is 3.95. The summed E-state index contributed by atoms with van der Waals surface area (Å²) in [7, 11) is 0. The molecule has 0 unspecified atom stereocenters. The highest BCUT2D eigenvalue weighted by Crippen LogP contribution is 2.38. The van der Waals surface area contributed by atoms with Gasteiger partial charge in [-0.15, -0.1) is 0 Å². The molecule has 1 N–H and O–H groups in total. The fourth-order valence-corrected chi connectivity index (χ4v) is 3.05. The van der Waals surface area contributed by atoms with E-state index in [1.165, 1.54) is 25.7 Å². The van der Waals surface area contributed by atoms with Crippen molar-refractivity contribution in [3.8, 4) is 0 Å². The molecule has 0 bridgehead atoms. The molecule has 1 atom stereocenters. The Balaban J connectivity index is 1.28. The zero-order chi connectivity index (χ0) is 14.8. The summed E-state index contributed by atoms with van der Waals surface area (Å²) < 4.78 is 10.7. The molecule has 118 valence electrons. The molecule has 1 aliphatic heterocycles. The molecule has 0 amide bonds. The van der Waals surface area contributed by atoms with Gasteiger partial charge in [-0.2, -0.15) is 4.98 Å². The van der Waals surface area contributed by atoms with Crippen LogP contribution in [0.4, 0.5) is 0 Å². The van der Waals surface area contributed by atoms with Crippen LogP contribution in [0.15, 0.2) is 27.3 Å². The molecule has 6 heteroatoms. The summed E-state index contributed by atoms with van der Waals surface area (Å²) in [6.07, 6.45) is 6.52. The van der Waals surface area contributed by atoms with Gasteiger partial charge in [0.1, 0.15) is 5.76 Å². The van der Waals surface area contributed by atoms with E-state index < -0.39 is 0 Å². The molecule has 22 heavy (non-hydrogen) atoms. The van der Waals surface area contributed by atoms with Gasteiger partial charge in [0.05, 0.1) is 19.4 Å². The summed E-state index contributed by atoms with van der Waals surface area (Å²) in [5.41, 5.74) is 0. The van der Waals surface area contributed by atoms with E-state index in [1.807, 2.05) is 12.1 Å². The Morgan fingerprint density at radius 3 is 3.09 bits per heavy atom. The van der Waals surface area contributed by atoms with E-state index in [0.29, 0.717) is 12.0 Å². The molecule has 6 nitrogen and oxygen atoms in total. The van der Waals surface area contributed by atoms with E-state index in [4.69, 9.17) is 8.94 Å². The fraction of sp³-hybridized carbons (Fsp3) is 0.625. The van der Waals surface area contributed by atoms with Gasteiger partial charge in [0.15, 0.2) is 5.82 Å². The molecule has 0 aromatic carbocycles. The van der Waals surface area contributed by atoms with Crippen LogP contribution in [0.5, 0.6) is 0 Å². The van der Waals surface area contributed by atoms with Crippen LogP contribution in [0.2, 0.25) is 0 Å². The molecule has 0 spiro atoms. The minimum atomic E-state index is 0.494. The molecule has 2 fully saturated rings. The number of hydrogen-bond donors (Lipinski definition) is 1. The van der Waals surface area contributed by atoms with Crippen molar-refractivity contribution in [1.29, 1.82) is 0 Å². The van der Waals surface area contributed by atoms with Gasteiger partial charge in [-0.25, -0.2) is 0 Å². The predicted molar refractivity (Wildman–Crippen MR) is 80.1 cm³/mol. The van der Waals surface area contributed by atoms with Crippen LogP contribution < -0.4 is 5.32 Å². The maximum Gasteiger partial charge on any atom is 0.229 e. The summed E-state index contributed by atoms with van der Waals surface area (Å²) in [5, 5.41) is 7.69. The van der Waals surface area contributed by atoms with E-state index in [9.17, 15) is 0 Å². The van der Waals surface area contributed by atoms with Crippen molar-refractivity contribution in [3.63, 3.8) is 0 Å². The highest BCUT2D eigenvalue weighted by Gasteiger charge is 2.30. The average Bonchev–Trinajstić information content (AvgIpc) is 3.06. The molecule has 2 aromatic rings. The van der Waals surface area contributed by atoms with Crippen molar-refractivity contribution in [2.75, 3.05) is 13.1 Å². The first kappa shape index (κ1) is 14.0. The maximum atomic E-state index is 5.37. The van der Waals surface area contributed by atoms with Crippen LogP contribution in [0.1, 0.15) is 49.1 Å². The van der Waals surface area contributed by atoms with Crippen molar-refractivity contribution in [1.82, 2.24) is 20.4 Å². The number of piperidine rings is 1. The highest BCUT2D eigenvalue weighted by atomic mass is 16.5. The van der Waals surface area contributed by atoms with Crippen LogP contribution in [-0.2, 0) is 13.1 Å². The molecule has 1 saturated heterocycles. The van der Waals surface area contributed by atoms with E-state index >= 15 is 0 Å². The van der Waals surface area contributed by atoms with Crippen molar-refractivity contribution in [2.24, 2.45) is 0 Å². The molecular weight excluding hydrogens is 280 g/mol. The number of aromatic nitrogens is 2. The lowest BCUT2D eigenvalue weighted by Crippen LogP contribution is -2.45. The quantitative estimate of drug-likeness (QED) is 0.883. The van der Waals surface area contributed by atoms with Gasteiger partial charge < -0.3 is 14.3 Å². The molecular formula is C16H22N4O2. The Labute approximate surface area is 129 Å². The monoisotopic (exact) mass is 302 g/mol. The molecule has 1 saturated carbocycles. The van der Waals surface area contributed by atoms with E-state index in [0.717, 1.165) is 43.7 Å². The lowest BCUT2D eigenvalue weighted by atomic mass is 10.1. The summed E-state index contributed by atoms with van der Waals surface area (Å²) in [6, 6.07) is 4.43. The van der Waals surface area contributed by atoms with Gasteiger partial charge in [0.2, 0.25) is 5.89 Å². The normalized spacial score (nSPS) is 23.0. The molecule has 4 rings (SSSR count). The van der Waals surface area contributed by atoms with Crippen LogP contribution in [0, 0.1) is 0 Å². The second kappa shape index (κ2) is 6.22. The zero-order valence-corrected chi connectivity index (χ0v) is 12.7. The molecule has 0 radical (unpaired) electrons. The number of hydrogen-bond acceptors (Lipinski definition) is 6. The first-order valence-corrected chi connectivity index (χ1v) is 8.17. The van der Waals surface area contributed by atoms with Gasteiger partial charge in [-0.3, -0.25) is 4.90 Å². The van der Waals surface area contributed by atoms with Crippen molar-refractivity contribution < 1.29 is 8.94 Å².